The third kappa shape index (κ3) is 2.70. The van der Waals surface area contributed by atoms with Gasteiger partial charge >= 0.3 is 0 Å². The molecule has 0 radical (unpaired) electrons. The van der Waals surface area contributed by atoms with Crippen LogP contribution < -0.4 is 5.30 Å². The predicted molar refractivity (Wildman–Crippen MR) is 77.0 cm³/mol. The van der Waals surface area contributed by atoms with Crippen molar-refractivity contribution in [1.82, 2.24) is 0 Å². The summed E-state index contributed by atoms with van der Waals surface area (Å²) in [5, 5.41) is 0.695. The Morgan fingerprint density at radius 1 is 1.28 bits per heavy atom. The predicted octanol–water partition coefficient (Wildman–Crippen LogP) is 3.78. The summed E-state index contributed by atoms with van der Waals surface area (Å²) in [5.41, 5.74) is 1.33. The maximum Gasteiger partial charge on any atom is 0.218 e. The van der Waals surface area contributed by atoms with E-state index in [0.29, 0.717) is 5.30 Å². The molecule has 0 heterocycles. The second-order valence-corrected chi connectivity index (χ2v) is 6.59. The third-order valence-electron chi connectivity index (χ3n) is 4.30. The molecule has 2 nitrogen and oxygen atoms in total. The lowest BCUT2D eigenvalue weighted by Crippen LogP contribution is -2.27. The summed E-state index contributed by atoms with van der Waals surface area (Å²) in [7, 11) is -2.59. The van der Waals surface area contributed by atoms with Crippen LogP contribution in [0.1, 0.15) is 57.4 Å². The van der Waals surface area contributed by atoms with Crippen molar-refractivity contribution in [1.29, 1.82) is 0 Å². The Bertz CT molecular complexity index is 422. The molecule has 1 aliphatic carbocycles. The van der Waals surface area contributed by atoms with Gasteiger partial charge in [-0.15, -0.1) is 0 Å². The Labute approximate surface area is 110 Å². The van der Waals surface area contributed by atoms with E-state index in [1.807, 2.05) is 18.2 Å². The van der Waals surface area contributed by atoms with Gasteiger partial charge in [-0.2, -0.15) is 0 Å². The molecule has 1 fully saturated rings. The standard InChI is InChI=1S/C15H23O2P/c1-2-3-10-15(11-6-7-12-15)13-8-4-5-9-14(13)18(16)17/h4-5,8-9,18H,2-3,6-7,10-12H2,1H3,(H,16,17). The summed E-state index contributed by atoms with van der Waals surface area (Å²) >= 11 is 0. The Hall–Kier alpha value is -0.590. The van der Waals surface area contributed by atoms with E-state index in [1.54, 1.807) is 0 Å². The van der Waals surface area contributed by atoms with Crippen molar-refractivity contribution < 1.29 is 9.46 Å². The number of rotatable bonds is 5. The molecule has 1 N–H and O–H groups in total. The number of benzene rings is 1. The van der Waals surface area contributed by atoms with Crippen LogP contribution in [0.2, 0.25) is 0 Å². The molecule has 100 valence electrons. The van der Waals surface area contributed by atoms with Crippen molar-refractivity contribution in [3.63, 3.8) is 0 Å². The van der Waals surface area contributed by atoms with E-state index in [9.17, 15) is 9.46 Å². The zero-order chi connectivity index (χ0) is 13.0. The van der Waals surface area contributed by atoms with Crippen molar-refractivity contribution in [3.8, 4) is 0 Å². The summed E-state index contributed by atoms with van der Waals surface area (Å²) in [6.45, 7) is 2.21. The Balaban J connectivity index is 2.39. The van der Waals surface area contributed by atoms with E-state index in [1.165, 1.54) is 38.5 Å². The maximum atomic E-state index is 11.6. The van der Waals surface area contributed by atoms with Gasteiger partial charge < -0.3 is 4.89 Å². The minimum Gasteiger partial charge on any atom is -0.343 e. The van der Waals surface area contributed by atoms with Gasteiger partial charge in [-0.1, -0.05) is 50.8 Å². The first-order valence-electron chi connectivity index (χ1n) is 7.02. The minimum atomic E-state index is -2.59. The molecule has 1 aromatic carbocycles. The van der Waals surface area contributed by atoms with Crippen molar-refractivity contribution in [2.75, 3.05) is 0 Å². The van der Waals surface area contributed by atoms with E-state index < -0.39 is 8.03 Å². The molecule has 1 unspecified atom stereocenters. The molecule has 1 atom stereocenters. The second-order valence-electron chi connectivity index (χ2n) is 5.44. The lowest BCUT2D eigenvalue weighted by Gasteiger charge is -2.31. The molecule has 18 heavy (non-hydrogen) atoms. The van der Waals surface area contributed by atoms with Crippen molar-refractivity contribution in [2.45, 2.75) is 57.3 Å². The topological polar surface area (TPSA) is 37.3 Å². The van der Waals surface area contributed by atoms with E-state index in [-0.39, 0.29) is 5.41 Å². The number of hydrogen-bond donors (Lipinski definition) is 1. The van der Waals surface area contributed by atoms with E-state index in [0.717, 1.165) is 12.0 Å². The highest BCUT2D eigenvalue weighted by atomic mass is 31.1. The van der Waals surface area contributed by atoms with Gasteiger partial charge in [0.15, 0.2) is 0 Å². The third-order valence-corrected chi connectivity index (χ3v) is 5.20. The van der Waals surface area contributed by atoms with Crippen molar-refractivity contribution in [3.05, 3.63) is 29.8 Å². The lowest BCUT2D eigenvalue weighted by molar-refractivity contribution is 0.392. The summed E-state index contributed by atoms with van der Waals surface area (Å²) < 4.78 is 11.6. The Kier molecular flexibility index (Phi) is 4.64. The fourth-order valence-electron chi connectivity index (χ4n) is 3.35. The average molecular weight is 266 g/mol. The van der Waals surface area contributed by atoms with E-state index in [4.69, 9.17) is 0 Å². The number of hydrogen-bond acceptors (Lipinski definition) is 1. The molecule has 0 spiro atoms. The monoisotopic (exact) mass is 266 g/mol. The molecule has 0 saturated heterocycles. The highest BCUT2D eigenvalue weighted by molar-refractivity contribution is 7.47. The molecular weight excluding hydrogens is 243 g/mol. The van der Waals surface area contributed by atoms with Gasteiger partial charge in [0.2, 0.25) is 8.03 Å². The zero-order valence-corrected chi connectivity index (χ0v) is 12.1. The fourth-order valence-corrected chi connectivity index (χ4v) is 4.17. The largest absolute Gasteiger partial charge is 0.343 e. The molecule has 2 rings (SSSR count). The van der Waals surface area contributed by atoms with Gasteiger partial charge in [-0.25, -0.2) is 0 Å². The van der Waals surface area contributed by atoms with Crippen LogP contribution in [-0.4, -0.2) is 4.89 Å². The van der Waals surface area contributed by atoms with Gasteiger partial charge in [0.05, 0.1) is 0 Å². The highest BCUT2D eigenvalue weighted by Gasteiger charge is 2.36. The molecule has 1 aromatic rings. The van der Waals surface area contributed by atoms with Crippen LogP contribution >= 0.6 is 8.03 Å². The van der Waals surface area contributed by atoms with E-state index in [2.05, 4.69) is 13.0 Å². The smallest absolute Gasteiger partial charge is 0.218 e. The summed E-state index contributed by atoms with van der Waals surface area (Å²) in [5.74, 6) is 0. The molecule has 1 aliphatic rings. The zero-order valence-electron chi connectivity index (χ0n) is 11.1. The van der Waals surface area contributed by atoms with Crippen LogP contribution in [0.4, 0.5) is 0 Å². The van der Waals surface area contributed by atoms with Gasteiger partial charge in [0.25, 0.3) is 0 Å². The molecular formula is C15H23O2P. The summed E-state index contributed by atoms with van der Waals surface area (Å²) in [6, 6.07) is 7.80. The summed E-state index contributed by atoms with van der Waals surface area (Å²) in [4.78, 5) is 9.55. The first-order valence-corrected chi connectivity index (χ1v) is 8.38. The maximum absolute atomic E-state index is 11.6. The SMILES string of the molecule is CCCCC1(c2ccccc2[PH](=O)O)CCCC1. The minimum absolute atomic E-state index is 0.176. The molecule has 0 bridgehead atoms. The quantitative estimate of drug-likeness (QED) is 0.823. The molecule has 0 aliphatic heterocycles. The van der Waals surface area contributed by atoms with Gasteiger partial charge in [-0.3, -0.25) is 4.57 Å². The fraction of sp³-hybridized carbons (Fsp3) is 0.600. The molecule has 3 heteroatoms. The molecule has 1 saturated carbocycles. The van der Waals surface area contributed by atoms with Crippen LogP contribution in [0, 0.1) is 0 Å². The lowest BCUT2D eigenvalue weighted by atomic mass is 9.75. The first-order chi connectivity index (χ1) is 8.69. The van der Waals surface area contributed by atoms with E-state index >= 15 is 0 Å². The summed E-state index contributed by atoms with van der Waals surface area (Å²) in [6.07, 6.45) is 8.43. The van der Waals surface area contributed by atoms with Crippen LogP contribution in [0.5, 0.6) is 0 Å². The van der Waals surface area contributed by atoms with Crippen LogP contribution in [-0.2, 0) is 9.98 Å². The Morgan fingerprint density at radius 2 is 1.94 bits per heavy atom. The van der Waals surface area contributed by atoms with Gasteiger partial charge in [0, 0.05) is 5.30 Å². The average Bonchev–Trinajstić information content (AvgIpc) is 2.86. The molecule has 0 amide bonds. The van der Waals surface area contributed by atoms with Gasteiger partial charge in [-0.05, 0) is 36.3 Å². The second kappa shape index (κ2) is 6.04. The molecule has 0 aromatic heterocycles. The number of unbranched alkanes of at least 4 members (excludes halogenated alkanes) is 1. The van der Waals surface area contributed by atoms with Gasteiger partial charge in [0.1, 0.15) is 0 Å². The normalized spacial score (nSPS) is 19.9. The van der Waals surface area contributed by atoms with Crippen molar-refractivity contribution >= 4 is 13.3 Å². The Morgan fingerprint density at radius 3 is 2.56 bits per heavy atom. The highest BCUT2D eigenvalue weighted by Crippen LogP contribution is 2.45. The van der Waals surface area contributed by atoms with Crippen molar-refractivity contribution in [2.24, 2.45) is 0 Å². The van der Waals surface area contributed by atoms with Crippen LogP contribution in [0.25, 0.3) is 0 Å². The van der Waals surface area contributed by atoms with Crippen LogP contribution in [0.15, 0.2) is 24.3 Å². The first kappa shape index (κ1) is 13.8. The van der Waals surface area contributed by atoms with Crippen LogP contribution in [0.3, 0.4) is 0 Å².